The molecular weight excluding hydrogens is 316 g/mol. The van der Waals surface area contributed by atoms with Gasteiger partial charge in [0.05, 0.1) is 5.69 Å². The number of rotatable bonds is 8. The lowest BCUT2D eigenvalue weighted by atomic mass is 9.99. The molecule has 134 valence electrons. The highest BCUT2D eigenvalue weighted by Crippen LogP contribution is 2.29. The molecule has 1 aliphatic rings. The van der Waals surface area contributed by atoms with Gasteiger partial charge in [-0.1, -0.05) is 13.8 Å². The Bertz CT molecular complexity index is 543. The summed E-state index contributed by atoms with van der Waals surface area (Å²) >= 11 is 0. The molecule has 0 radical (unpaired) electrons. The van der Waals surface area contributed by atoms with Crippen LogP contribution < -0.4 is 10.1 Å². The van der Waals surface area contributed by atoms with E-state index in [0.29, 0.717) is 30.1 Å². The predicted octanol–water partition coefficient (Wildman–Crippen LogP) is 4.36. The molecule has 0 spiro atoms. The van der Waals surface area contributed by atoms with Gasteiger partial charge < -0.3 is 14.8 Å². The summed E-state index contributed by atoms with van der Waals surface area (Å²) in [5.41, 5.74) is 0.955. The molecule has 0 saturated carbocycles. The molecule has 1 fully saturated rings. The number of halogens is 2. The van der Waals surface area contributed by atoms with E-state index in [1.165, 1.54) is 6.07 Å². The molecular formula is C18H25F2NO3. The topological polar surface area (TPSA) is 47.6 Å². The summed E-state index contributed by atoms with van der Waals surface area (Å²) in [6, 6.07) is 4.59. The first-order chi connectivity index (χ1) is 11.5. The van der Waals surface area contributed by atoms with Crippen LogP contribution >= 0.6 is 0 Å². The van der Waals surface area contributed by atoms with E-state index in [9.17, 15) is 13.6 Å². The summed E-state index contributed by atoms with van der Waals surface area (Å²) in [6.45, 7) is 3.13. The van der Waals surface area contributed by atoms with Crippen molar-refractivity contribution in [2.24, 2.45) is 11.8 Å². The Labute approximate surface area is 141 Å². The van der Waals surface area contributed by atoms with Gasteiger partial charge in [-0.25, -0.2) is 0 Å². The van der Waals surface area contributed by atoms with Crippen molar-refractivity contribution in [2.75, 3.05) is 25.1 Å². The Morgan fingerprint density at radius 3 is 2.67 bits per heavy atom. The van der Waals surface area contributed by atoms with Crippen molar-refractivity contribution < 1.29 is 23.0 Å². The second-order valence-corrected chi connectivity index (χ2v) is 6.55. The van der Waals surface area contributed by atoms with E-state index >= 15 is 0 Å². The highest BCUT2D eigenvalue weighted by molar-refractivity contribution is 5.97. The van der Waals surface area contributed by atoms with Gasteiger partial charge in [-0.15, -0.1) is 0 Å². The quantitative estimate of drug-likeness (QED) is 0.714. The molecule has 2 rings (SSSR count). The molecule has 0 bridgehead atoms. The molecule has 4 nitrogen and oxygen atoms in total. The van der Waals surface area contributed by atoms with Crippen molar-refractivity contribution in [1.82, 2.24) is 0 Å². The fourth-order valence-corrected chi connectivity index (χ4v) is 2.73. The lowest BCUT2D eigenvalue weighted by molar-refractivity contribution is -0.0493. The first-order valence-electron chi connectivity index (χ1n) is 8.39. The van der Waals surface area contributed by atoms with Crippen LogP contribution in [0.15, 0.2) is 18.2 Å². The number of benzene rings is 1. The Hall–Kier alpha value is -1.69. The number of ether oxygens (including phenoxy) is 2. The third-order valence-electron chi connectivity index (χ3n) is 4.03. The van der Waals surface area contributed by atoms with Crippen LogP contribution in [0, 0.1) is 11.8 Å². The molecule has 1 saturated heterocycles. The van der Waals surface area contributed by atoms with Crippen LogP contribution in [0.2, 0.25) is 0 Å². The number of hydrogen-bond acceptors (Lipinski definition) is 4. The number of nitrogens with one attached hydrogen (secondary N) is 1. The van der Waals surface area contributed by atoms with Gasteiger partial charge in [0.1, 0.15) is 5.75 Å². The largest absolute Gasteiger partial charge is 0.433 e. The van der Waals surface area contributed by atoms with Gasteiger partial charge in [0.2, 0.25) is 0 Å². The molecule has 0 aromatic heterocycles. The lowest BCUT2D eigenvalue weighted by Gasteiger charge is -2.23. The van der Waals surface area contributed by atoms with Gasteiger partial charge in [0, 0.05) is 31.7 Å². The normalized spacial score (nSPS) is 15.8. The van der Waals surface area contributed by atoms with Crippen molar-refractivity contribution in [1.29, 1.82) is 0 Å². The summed E-state index contributed by atoms with van der Waals surface area (Å²) in [7, 11) is 0. The van der Waals surface area contributed by atoms with Crippen LogP contribution in [0.5, 0.6) is 5.75 Å². The second kappa shape index (κ2) is 8.97. The number of carbonyl (C=O) groups excluding carboxylic acids is 1. The zero-order valence-electron chi connectivity index (χ0n) is 14.2. The van der Waals surface area contributed by atoms with E-state index < -0.39 is 6.61 Å². The summed E-state index contributed by atoms with van der Waals surface area (Å²) < 4.78 is 35.1. The Kier molecular flexibility index (Phi) is 6.97. The number of anilines is 1. The Balaban J connectivity index is 2.11. The van der Waals surface area contributed by atoms with Crippen molar-refractivity contribution in [3.8, 4) is 5.75 Å². The molecule has 1 aromatic rings. The summed E-state index contributed by atoms with van der Waals surface area (Å²) in [5.74, 6) is 0.738. The summed E-state index contributed by atoms with van der Waals surface area (Å²) in [4.78, 5) is 12.2. The maximum atomic E-state index is 12.6. The first kappa shape index (κ1) is 18.6. The molecule has 24 heavy (non-hydrogen) atoms. The number of ketones is 1. The molecule has 0 unspecified atom stereocenters. The average Bonchev–Trinajstić information content (AvgIpc) is 2.53. The van der Waals surface area contributed by atoms with Gasteiger partial charge in [-0.3, -0.25) is 4.79 Å². The molecule has 6 heteroatoms. The van der Waals surface area contributed by atoms with Gasteiger partial charge in [0.25, 0.3) is 0 Å². The molecule has 1 N–H and O–H groups in total. The monoisotopic (exact) mass is 341 g/mol. The minimum Gasteiger partial charge on any atom is -0.433 e. The zero-order valence-corrected chi connectivity index (χ0v) is 14.2. The van der Waals surface area contributed by atoms with Crippen LogP contribution in [-0.2, 0) is 4.74 Å². The number of alkyl halides is 2. The van der Waals surface area contributed by atoms with Gasteiger partial charge in [-0.2, -0.15) is 8.78 Å². The van der Waals surface area contributed by atoms with Crippen molar-refractivity contribution in [2.45, 2.75) is 39.7 Å². The minimum absolute atomic E-state index is 0.00251. The number of hydrogen-bond donors (Lipinski definition) is 1. The summed E-state index contributed by atoms with van der Waals surface area (Å²) in [5, 5.41) is 3.17. The zero-order chi connectivity index (χ0) is 17.5. The Morgan fingerprint density at radius 1 is 1.33 bits per heavy atom. The SMILES string of the molecule is CC(C)CC(=O)c1ccc(OC(F)F)c(NCC2CCOCC2)c1. The van der Waals surface area contributed by atoms with Gasteiger partial charge in [-0.05, 0) is 42.9 Å². The van der Waals surface area contributed by atoms with Gasteiger partial charge >= 0.3 is 6.61 Å². The molecule has 0 aliphatic carbocycles. The fraction of sp³-hybridized carbons (Fsp3) is 0.611. The van der Waals surface area contributed by atoms with Crippen LogP contribution in [0.3, 0.4) is 0 Å². The highest BCUT2D eigenvalue weighted by Gasteiger charge is 2.17. The maximum Gasteiger partial charge on any atom is 0.387 e. The highest BCUT2D eigenvalue weighted by atomic mass is 19.3. The van der Waals surface area contributed by atoms with E-state index in [2.05, 4.69) is 10.1 Å². The van der Waals surface area contributed by atoms with Crippen molar-refractivity contribution in [3.05, 3.63) is 23.8 Å². The lowest BCUT2D eigenvalue weighted by Crippen LogP contribution is -2.23. The summed E-state index contributed by atoms with van der Waals surface area (Å²) in [6.07, 6.45) is 2.29. The standard InChI is InChI=1S/C18H25F2NO3/c1-12(2)9-16(22)14-3-4-17(24-18(19)20)15(10-14)21-11-13-5-7-23-8-6-13/h3-4,10,12-13,18,21H,5-9,11H2,1-2H3. The van der Waals surface area contributed by atoms with E-state index in [4.69, 9.17) is 4.74 Å². The van der Waals surface area contributed by atoms with Crippen molar-refractivity contribution >= 4 is 11.5 Å². The van der Waals surface area contributed by atoms with E-state index in [1.807, 2.05) is 13.8 Å². The fourth-order valence-electron chi connectivity index (χ4n) is 2.73. The van der Waals surface area contributed by atoms with Crippen molar-refractivity contribution in [3.63, 3.8) is 0 Å². The maximum absolute atomic E-state index is 12.6. The second-order valence-electron chi connectivity index (χ2n) is 6.55. The third-order valence-corrected chi connectivity index (χ3v) is 4.03. The van der Waals surface area contributed by atoms with Crippen LogP contribution in [-0.4, -0.2) is 32.2 Å². The molecule has 0 atom stereocenters. The van der Waals surface area contributed by atoms with Gasteiger partial charge in [0.15, 0.2) is 5.78 Å². The molecule has 1 aromatic carbocycles. The van der Waals surface area contributed by atoms with E-state index in [-0.39, 0.29) is 17.5 Å². The Morgan fingerprint density at radius 2 is 2.04 bits per heavy atom. The minimum atomic E-state index is -2.90. The number of Topliss-reactive ketones (excluding diaryl/α,β-unsaturated/α-hetero) is 1. The van der Waals surface area contributed by atoms with E-state index in [0.717, 1.165) is 26.1 Å². The van der Waals surface area contributed by atoms with Crippen LogP contribution in [0.1, 0.15) is 43.5 Å². The molecule has 0 amide bonds. The molecule has 1 heterocycles. The third kappa shape index (κ3) is 5.74. The van der Waals surface area contributed by atoms with E-state index in [1.54, 1.807) is 12.1 Å². The first-order valence-corrected chi connectivity index (χ1v) is 8.39. The predicted molar refractivity (Wildman–Crippen MR) is 88.9 cm³/mol. The average molecular weight is 341 g/mol. The molecule has 1 aliphatic heterocycles. The number of carbonyl (C=O) groups is 1. The van der Waals surface area contributed by atoms with Crippen LogP contribution in [0.25, 0.3) is 0 Å². The smallest absolute Gasteiger partial charge is 0.387 e. The van der Waals surface area contributed by atoms with Crippen LogP contribution in [0.4, 0.5) is 14.5 Å².